The molecule has 0 aliphatic heterocycles. The molecule has 0 fully saturated rings. The molecule has 1 aromatic rings. The number of hydrogen-bond acceptors (Lipinski definition) is 5. The highest BCUT2D eigenvalue weighted by Crippen LogP contribution is 2.14. The molecule has 0 bridgehead atoms. The minimum absolute atomic E-state index is 0.104. The number of carbonyl (C=O) groups is 2. The molecule has 1 aromatic carbocycles. The van der Waals surface area contributed by atoms with Crippen molar-refractivity contribution in [2.75, 3.05) is 7.11 Å². The Morgan fingerprint density at radius 1 is 1.22 bits per heavy atom. The maximum Gasteiger partial charge on any atom is 0.324 e. The molecule has 2 amide bonds. The Balaban J connectivity index is 2.80. The van der Waals surface area contributed by atoms with Crippen molar-refractivity contribution in [3.05, 3.63) is 24.3 Å². The summed E-state index contributed by atoms with van der Waals surface area (Å²) in [6.45, 7) is 0. The van der Waals surface area contributed by atoms with Crippen molar-refractivity contribution in [3.63, 3.8) is 0 Å². The molecule has 0 aliphatic carbocycles. The molecule has 0 aliphatic rings. The van der Waals surface area contributed by atoms with Gasteiger partial charge in [-0.2, -0.15) is 0 Å². The average molecular weight is 273 g/mol. The highest BCUT2D eigenvalue weighted by Gasteiger charge is 2.16. The van der Waals surface area contributed by atoms with Gasteiger partial charge >= 0.3 is 11.8 Å². The van der Waals surface area contributed by atoms with Gasteiger partial charge in [-0.3, -0.25) is 15.0 Å². The zero-order valence-electron chi connectivity index (χ0n) is 9.34. The van der Waals surface area contributed by atoms with Gasteiger partial charge in [-0.1, -0.05) is 0 Å². The molecule has 18 heavy (non-hydrogen) atoms. The first-order chi connectivity index (χ1) is 8.36. The molecule has 8 nitrogen and oxygen atoms in total. The number of methoxy groups -OCH3 is 1. The van der Waals surface area contributed by atoms with E-state index in [1.165, 1.54) is 31.4 Å². The van der Waals surface area contributed by atoms with Gasteiger partial charge in [0.05, 0.1) is 12.0 Å². The van der Waals surface area contributed by atoms with Crippen LogP contribution < -0.4 is 20.7 Å². The quantitative estimate of drug-likeness (QED) is 0.454. The van der Waals surface area contributed by atoms with E-state index in [4.69, 9.17) is 4.74 Å². The fourth-order valence-electron chi connectivity index (χ4n) is 0.989. The number of carbonyl (C=O) groups excluding carboxylic acids is 2. The van der Waals surface area contributed by atoms with Gasteiger partial charge in [0.1, 0.15) is 5.75 Å². The maximum atomic E-state index is 11.6. The third-order valence-corrected chi connectivity index (χ3v) is 3.16. The fourth-order valence-corrected chi connectivity index (χ4v) is 1.83. The molecule has 0 radical (unpaired) electrons. The molecule has 1 rings (SSSR count). The molecule has 98 valence electrons. The van der Waals surface area contributed by atoms with E-state index in [0.717, 1.165) is 0 Å². The topological polar surface area (TPSA) is 128 Å². The summed E-state index contributed by atoms with van der Waals surface area (Å²) < 4.78 is 28.1. The van der Waals surface area contributed by atoms with Crippen LogP contribution in [0.5, 0.6) is 5.75 Å². The summed E-state index contributed by atoms with van der Waals surface area (Å²) in [5, 5.41) is 0. The molecule has 9 heteroatoms. The van der Waals surface area contributed by atoms with E-state index < -0.39 is 21.8 Å². The second-order valence-corrected chi connectivity index (χ2v) is 4.78. The van der Waals surface area contributed by atoms with Crippen molar-refractivity contribution in [2.24, 2.45) is 5.73 Å². The lowest BCUT2D eigenvalue weighted by molar-refractivity contribution is -0.137. The van der Waals surface area contributed by atoms with Gasteiger partial charge < -0.3 is 10.5 Å². The van der Waals surface area contributed by atoms with Crippen LogP contribution in [-0.2, 0) is 19.6 Å². The first kappa shape index (κ1) is 13.9. The predicted molar refractivity (Wildman–Crippen MR) is 60.7 cm³/mol. The van der Waals surface area contributed by atoms with Crippen LogP contribution in [0.25, 0.3) is 0 Å². The number of hydrazine groups is 1. The second kappa shape index (κ2) is 5.47. The monoisotopic (exact) mass is 273 g/mol. The molecule has 0 saturated heterocycles. The van der Waals surface area contributed by atoms with E-state index in [1.807, 2.05) is 0 Å². The van der Waals surface area contributed by atoms with Crippen molar-refractivity contribution < 1.29 is 22.7 Å². The van der Waals surface area contributed by atoms with Crippen molar-refractivity contribution in [1.29, 1.82) is 0 Å². The molecule has 0 heterocycles. The van der Waals surface area contributed by atoms with E-state index >= 15 is 0 Å². The number of ether oxygens (including phenoxy) is 1. The van der Waals surface area contributed by atoms with Gasteiger partial charge in [0.2, 0.25) is 0 Å². The summed E-state index contributed by atoms with van der Waals surface area (Å²) >= 11 is 0. The number of rotatable bonds is 4. The fraction of sp³-hybridized carbons (Fsp3) is 0.111. The van der Waals surface area contributed by atoms with Gasteiger partial charge in [0.15, 0.2) is 0 Å². The second-order valence-electron chi connectivity index (χ2n) is 3.10. The van der Waals surface area contributed by atoms with Crippen LogP contribution in [0, 0.1) is 0 Å². The van der Waals surface area contributed by atoms with Crippen molar-refractivity contribution in [1.82, 2.24) is 10.3 Å². The zero-order valence-corrected chi connectivity index (χ0v) is 10.2. The predicted octanol–water partition coefficient (Wildman–Crippen LogP) is -1.51. The van der Waals surface area contributed by atoms with Crippen LogP contribution in [0.2, 0.25) is 0 Å². The Morgan fingerprint density at radius 3 is 2.22 bits per heavy atom. The third-order valence-electron chi connectivity index (χ3n) is 1.89. The van der Waals surface area contributed by atoms with E-state index in [0.29, 0.717) is 5.75 Å². The van der Waals surface area contributed by atoms with Crippen LogP contribution in [0.1, 0.15) is 0 Å². The number of primary amides is 1. The van der Waals surface area contributed by atoms with Gasteiger partial charge in [0.25, 0.3) is 10.0 Å². The first-order valence-corrected chi connectivity index (χ1v) is 6.11. The zero-order chi connectivity index (χ0) is 13.8. The molecule has 0 saturated carbocycles. The smallest absolute Gasteiger partial charge is 0.324 e. The van der Waals surface area contributed by atoms with Gasteiger partial charge in [-0.05, 0) is 24.3 Å². The highest BCUT2D eigenvalue weighted by molar-refractivity contribution is 7.89. The Hall–Kier alpha value is -2.13. The summed E-state index contributed by atoms with van der Waals surface area (Å²) in [6.07, 6.45) is 0. The summed E-state index contributed by atoms with van der Waals surface area (Å²) in [7, 11) is -2.52. The molecule has 0 atom stereocenters. The minimum Gasteiger partial charge on any atom is -0.497 e. The SMILES string of the molecule is COc1ccc(S(=O)(=O)NNC(=O)C(N)=O)cc1. The number of nitrogens with one attached hydrogen (secondary N) is 2. The molecule has 4 N–H and O–H groups in total. The Labute approximate surface area is 103 Å². The molecular formula is C9H11N3O5S. The Morgan fingerprint density at radius 2 is 1.78 bits per heavy atom. The van der Waals surface area contributed by atoms with Crippen LogP contribution in [-0.4, -0.2) is 27.3 Å². The number of amides is 2. The average Bonchev–Trinajstić information content (AvgIpc) is 2.36. The van der Waals surface area contributed by atoms with E-state index in [2.05, 4.69) is 5.73 Å². The van der Waals surface area contributed by atoms with Gasteiger partial charge in [-0.15, -0.1) is 4.83 Å². The summed E-state index contributed by atoms with van der Waals surface area (Å²) in [6, 6.07) is 5.42. The Kier molecular flexibility index (Phi) is 4.23. The summed E-state index contributed by atoms with van der Waals surface area (Å²) in [5.41, 5.74) is 6.31. The van der Waals surface area contributed by atoms with E-state index in [-0.39, 0.29) is 4.90 Å². The lowest BCUT2D eigenvalue weighted by Crippen LogP contribution is -2.46. The van der Waals surface area contributed by atoms with Crippen LogP contribution in [0.15, 0.2) is 29.2 Å². The largest absolute Gasteiger partial charge is 0.497 e. The standard InChI is InChI=1S/C9H11N3O5S/c1-17-6-2-4-7(5-3-6)18(15,16)12-11-9(14)8(10)13/h2-5,12H,1H3,(H2,10,13)(H,11,14). The van der Waals surface area contributed by atoms with Gasteiger partial charge in [0, 0.05) is 0 Å². The molecule has 0 spiro atoms. The van der Waals surface area contributed by atoms with Crippen molar-refractivity contribution >= 4 is 21.8 Å². The minimum atomic E-state index is -3.96. The van der Waals surface area contributed by atoms with Gasteiger partial charge in [-0.25, -0.2) is 8.42 Å². The Bertz CT molecular complexity index is 552. The number of hydrogen-bond donors (Lipinski definition) is 3. The number of sulfonamides is 1. The highest BCUT2D eigenvalue weighted by atomic mass is 32.2. The third kappa shape index (κ3) is 3.43. The van der Waals surface area contributed by atoms with Crippen LogP contribution >= 0.6 is 0 Å². The summed E-state index contributed by atoms with van der Waals surface area (Å²) in [5.74, 6) is -2.07. The number of nitrogens with two attached hydrogens (primary N) is 1. The van der Waals surface area contributed by atoms with Crippen molar-refractivity contribution in [3.8, 4) is 5.75 Å². The molecule has 0 aromatic heterocycles. The molecule has 0 unspecified atom stereocenters. The van der Waals surface area contributed by atoms with E-state index in [1.54, 1.807) is 10.3 Å². The summed E-state index contributed by atoms with van der Waals surface area (Å²) in [4.78, 5) is 22.8. The van der Waals surface area contributed by atoms with Crippen LogP contribution in [0.4, 0.5) is 0 Å². The lowest BCUT2D eigenvalue weighted by Gasteiger charge is -2.07. The number of benzene rings is 1. The van der Waals surface area contributed by atoms with Crippen LogP contribution in [0.3, 0.4) is 0 Å². The molecular weight excluding hydrogens is 262 g/mol. The maximum absolute atomic E-state index is 11.6. The van der Waals surface area contributed by atoms with E-state index in [9.17, 15) is 18.0 Å². The normalized spacial score (nSPS) is 10.7. The van der Waals surface area contributed by atoms with Crippen molar-refractivity contribution in [2.45, 2.75) is 4.90 Å². The first-order valence-electron chi connectivity index (χ1n) is 4.62. The lowest BCUT2D eigenvalue weighted by atomic mass is 10.3.